The molecule has 0 radical (unpaired) electrons. The number of hydrogen-bond acceptors (Lipinski definition) is 8. The minimum atomic E-state index is -4.14. The Balaban J connectivity index is 1.95. The van der Waals surface area contributed by atoms with E-state index < -0.39 is 20.5 Å². The number of rotatable bonds is 5. The van der Waals surface area contributed by atoms with Gasteiger partial charge in [-0.1, -0.05) is 30.0 Å². The summed E-state index contributed by atoms with van der Waals surface area (Å²) in [5, 5.41) is 25.6. The van der Waals surface area contributed by atoms with Crippen LogP contribution in [0.4, 0.5) is 5.69 Å². The molecule has 2 aromatic carbocycles. The third kappa shape index (κ3) is 3.42. The van der Waals surface area contributed by atoms with Crippen LogP contribution in [-0.4, -0.2) is 13.3 Å². The van der Waals surface area contributed by atoms with Gasteiger partial charge in [0.15, 0.2) is 5.76 Å². The molecular weight excluding hydrogens is 428 g/mol. The van der Waals surface area contributed by atoms with E-state index in [4.69, 9.17) is 4.84 Å². The molecule has 30 heavy (non-hydrogen) atoms. The normalized spacial score (nSPS) is 15.5. The second-order valence-electron chi connectivity index (χ2n) is 6.16. The molecule has 0 aliphatic carbocycles. The van der Waals surface area contributed by atoms with E-state index in [9.17, 15) is 23.6 Å². The molecule has 0 unspecified atom stereocenters. The third-order valence-corrected chi connectivity index (χ3v) is 7.01. The van der Waals surface area contributed by atoms with Crippen molar-refractivity contribution in [3.05, 3.63) is 103 Å². The van der Waals surface area contributed by atoms with Gasteiger partial charge in [0.05, 0.1) is 15.5 Å². The number of nitrogens with one attached hydrogen (secondary N) is 1. The molecule has 10 heteroatoms. The first kappa shape index (κ1) is 19.7. The van der Waals surface area contributed by atoms with Gasteiger partial charge in [-0.2, -0.15) is 0 Å². The van der Waals surface area contributed by atoms with Gasteiger partial charge in [-0.15, -0.1) is 11.3 Å². The first-order chi connectivity index (χ1) is 14.4. The number of benzene rings is 2. The van der Waals surface area contributed by atoms with Crippen molar-refractivity contribution in [1.82, 2.24) is 5.48 Å². The van der Waals surface area contributed by atoms with Gasteiger partial charge < -0.3 is 9.94 Å². The van der Waals surface area contributed by atoms with E-state index in [2.05, 4.69) is 5.48 Å². The second kappa shape index (κ2) is 7.65. The lowest BCUT2D eigenvalue weighted by atomic mass is 10.1. The van der Waals surface area contributed by atoms with Crippen LogP contribution < -0.4 is 10.6 Å². The fourth-order valence-electron chi connectivity index (χ4n) is 2.89. The Bertz CT molecular complexity index is 1260. The maximum Gasteiger partial charge on any atom is 0.269 e. The van der Waals surface area contributed by atoms with Crippen LogP contribution in [0.1, 0.15) is 10.4 Å². The van der Waals surface area contributed by atoms with Crippen molar-refractivity contribution in [2.24, 2.45) is 0 Å². The first-order valence-electron chi connectivity index (χ1n) is 8.57. The Morgan fingerprint density at radius 2 is 1.70 bits per heavy atom. The molecule has 152 valence electrons. The van der Waals surface area contributed by atoms with Crippen LogP contribution in [0.25, 0.3) is 11.5 Å². The van der Waals surface area contributed by atoms with Crippen LogP contribution in [0, 0.1) is 10.1 Å². The number of hydroxylamine groups is 1. The molecule has 2 heterocycles. The highest BCUT2D eigenvalue weighted by Crippen LogP contribution is 2.39. The molecule has 0 atom stereocenters. The van der Waals surface area contributed by atoms with Gasteiger partial charge in [-0.05, 0) is 35.7 Å². The molecule has 3 aromatic rings. The number of hydrogen-bond donors (Lipinski definition) is 1. The van der Waals surface area contributed by atoms with Gasteiger partial charge >= 0.3 is 0 Å². The summed E-state index contributed by atoms with van der Waals surface area (Å²) < 4.78 is 26.8. The first-order valence-corrected chi connectivity index (χ1v) is 10.9. The molecule has 1 aliphatic rings. The van der Waals surface area contributed by atoms with Gasteiger partial charge in [-0.3, -0.25) is 10.1 Å². The fourth-order valence-corrected chi connectivity index (χ4v) is 5.11. The molecule has 4 rings (SSSR count). The van der Waals surface area contributed by atoms with Gasteiger partial charge in [0.25, 0.3) is 5.69 Å². The summed E-state index contributed by atoms with van der Waals surface area (Å²) in [7, 11) is -4.14. The molecule has 0 spiro atoms. The zero-order valence-electron chi connectivity index (χ0n) is 15.1. The van der Waals surface area contributed by atoms with Crippen LogP contribution in [-0.2, 0) is 14.7 Å². The van der Waals surface area contributed by atoms with Gasteiger partial charge in [0.2, 0.25) is 9.84 Å². The quantitative estimate of drug-likeness (QED) is 0.367. The third-order valence-electron chi connectivity index (χ3n) is 4.32. The van der Waals surface area contributed by atoms with E-state index >= 15 is 0 Å². The SMILES string of the molecule is O=[N+]([O-])c1ccc(C2=C(S(=O)(=O)c3ccccc3)C(=C([O-])c3cccs3)NO2)cc1. The Hall–Kier alpha value is -3.63. The second-order valence-corrected chi connectivity index (χ2v) is 9.00. The van der Waals surface area contributed by atoms with Crippen LogP contribution in [0.5, 0.6) is 0 Å². The molecule has 1 aromatic heterocycles. The Morgan fingerprint density at radius 3 is 2.30 bits per heavy atom. The number of sulfone groups is 1. The van der Waals surface area contributed by atoms with E-state index in [1.165, 1.54) is 47.7 Å². The van der Waals surface area contributed by atoms with Crippen molar-refractivity contribution in [3.63, 3.8) is 0 Å². The molecule has 1 aliphatic heterocycles. The van der Waals surface area contributed by atoms with E-state index in [-0.39, 0.29) is 32.5 Å². The smallest absolute Gasteiger partial charge is 0.269 e. The van der Waals surface area contributed by atoms with E-state index in [1.807, 2.05) is 0 Å². The molecular formula is C20H13N2O6S2-. The highest BCUT2D eigenvalue weighted by molar-refractivity contribution is 7.95. The lowest BCUT2D eigenvalue weighted by molar-refractivity contribution is -0.384. The summed E-state index contributed by atoms with van der Waals surface area (Å²) in [6.07, 6.45) is 0. The van der Waals surface area contributed by atoms with Gasteiger partial charge in [0.1, 0.15) is 4.91 Å². The lowest BCUT2D eigenvalue weighted by Crippen LogP contribution is -2.17. The predicted molar refractivity (Wildman–Crippen MR) is 109 cm³/mol. The lowest BCUT2D eigenvalue weighted by Gasteiger charge is -2.15. The molecule has 8 nitrogen and oxygen atoms in total. The van der Waals surface area contributed by atoms with Crippen molar-refractivity contribution >= 4 is 38.4 Å². The van der Waals surface area contributed by atoms with Crippen molar-refractivity contribution in [1.29, 1.82) is 0 Å². The summed E-state index contributed by atoms with van der Waals surface area (Å²) in [5.41, 5.74) is 2.35. The maximum absolute atomic E-state index is 13.4. The zero-order valence-corrected chi connectivity index (χ0v) is 16.8. The van der Waals surface area contributed by atoms with Crippen molar-refractivity contribution in [2.45, 2.75) is 4.90 Å². The van der Waals surface area contributed by atoms with Crippen LogP contribution in [0.2, 0.25) is 0 Å². The fraction of sp³-hybridized carbons (Fsp3) is 0. The Morgan fingerprint density at radius 1 is 1.00 bits per heavy atom. The topological polar surface area (TPSA) is 122 Å². The Labute approximate surface area is 175 Å². The number of nitro benzene ring substituents is 1. The largest absolute Gasteiger partial charge is 0.870 e. The average molecular weight is 441 g/mol. The molecule has 0 fully saturated rings. The van der Waals surface area contributed by atoms with Crippen molar-refractivity contribution in [2.75, 3.05) is 0 Å². The van der Waals surface area contributed by atoms with Gasteiger partial charge in [-0.25, -0.2) is 13.9 Å². The summed E-state index contributed by atoms with van der Waals surface area (Å²) in [6, 6.07) is 16.1. The number of non-ortho nitro benzene ring substituents is 1. The molecule has 0 amide bonds. The summed E-state index contributed by atoms with van der Waals surface area (Å²) in [5.74, 6) is -0.634. The zero-order chi connectivity index (χ0) is 21.3. The average Bonchev–Trinajstić information content (AvgIpc) is 3.44. The summed E-state index contributed by atoms with van der Waals surface area (Å²) in [6.45, 7) is 0. The van der Waals surface area contributed by atoms with Gasteiger partial charge in [0, 0.05) is 22.6 Å². The number of nitro groups is 1. The minimum Gasteiger partial charge on any atom is -0.870 e. The summed E-state index contributed by atoms with van der Waals surface area (Å²) >= 11 is 1.17. The Kier molecular flexibility index (Phi) is 5.02. The standard InChI is InChI=1S/C20H14N2O6S2/c23-18(16-7-4-12-29-16)17-20(30(26,27)15-5-2-1-3-6-15)19(28-21-17)13-8-10-14(11-9-13)22(24)25/h1-12,21,23H/p-1. The van der Waals surface area contributed by atoms with E-state index in [1.54, 1.807) is 35.7 Å². The highest BCUT2D eigenvalue weighted by atomic mass is 32.2. The predicted octanol–water partition coefficient (Wildman–Crippen LogP) is 3.06. The number of thiophene rings is 1. The monoisotopic (exact) mass is 441 g/mol. The molecule has 0 saturated carbocycles. The number of nitrogens with zero attached hydrogens (tertiary/aromatic N) is 1. The summed E-state index contributed by atoms with van der Waals surface area (Å²) in [4.78, 5) is 15.8. The van der Waals surface area contributed by atoms with E-state index in [0.29, 0.717) is 4.88 Å². The molecule has 0 saturated heterocycles. The van der Waals surface area contributed by atoms with Crippen molar-refractivity contribution < 1.29 is 23.3 Å². The molecule has 1 N–H and O–H groups in total. The van der Waals surface area contributed by atoms with Crippen LogP contribution >= 0.6 is 11.3 Å². The maximum atomic E-state index is 13.4. The van der Waals surface area contributed by atoms with E-state index in [0.717, 1.165) is 0 Å². The molecule has 0 bridgehead atoms. The minimum absolute atomic E-state index is 0.0109. The highest BCUT2D eigenvalue weighted by Gasteiger charge is 2.35. The van der Waals surface area contributed by atoms with Crippen molar-refractivity contribution in [3.8, 4) is 0 Å². The van der Waals surface area contributed by atoms with Crippen LogP contribution in [0.15, 0.2) is 87.6 Å². The van der Waals surface area contributed by atoms with Crippen LogP contribution in [0.3, 0.4) is 0 Å².